The van der Waals surface area contributed by atoms with Crippen LogP contribution in [-0.4, -0.2) is 17.3 Å². The molecule has 1 aliphatic rings. The van der Waals surface area contributed by atoms with Crippen molar-refractivity contribution in [2.24, 2.45) is 0 Å². The summed E-state index contributed by atoms with van der Waals surface area (Å²) in [5, 5.41) is -0.0305. The van der Waals surface area contributed by atoms with Crippen molar-refractivity contribution in [2.45, 2.75) is 43.4 Å². The zero-order valence-electron chi connectivity index (χ0n) is 9.82. The fraction of sp³-hybridized carbons (Fsp3) is 0.462. The molecule has 0 unspecified atom stereocenters. The van der Waals surface area contributed by atoms with Gasteiger partial charge in [0.25, 0.3) is 0 Å². The number of esters is 1. The van der Waals surface area contributed by atoms with Crippen molar-refractivity contribution in [1.29, 1.82) is 0 Å². The molecule has 1 saturated heterocycles. The van der Waals surface area contributed by atoms with E-state index in [2.05, 4.69) is 32.0 Å². The summed E-state index contributed by atoms with van der Waals surface area (Å²) in [7, 11) is 0. The maximum Gasteiger partial charge on any atom is 0.319 e. The monoisotopic (exact) mass is 236 g/mol. The summed E-state index contributed by atoms with van der Waals surface area (Å²) in [4.78, 5) is 12.6. The standard InChI is InChI=1S/C13H16O2S/c1-8-4-5-11(6-9(8)2)16-12-7-10(3)15-13(12)14/h4-6,10,12H,7H2,1-3H3/t10-,12-/m0/s1. The van der Waals surface area contributed by atoms with Gasteiger partial charge in [-0.15, -0.1) is 11.8 Å². The number of ether oxygens (including phenoxy) is 1. The number of hydrogen-bond acceptors (Lipinski definition) is 3. The van der Waals surface area contributed by atoms with E-state index in [0.717, 1.165) is 11.3 Å². The summed E-state index contributed by atoms with van der Waals surface area (Å²) in [6, 6.07) is 6.31. The zero-order valence-corrected chi connectivity index (χ0v) is 10.6. The van der Waals surface area contributed by atoms with Gasteiger partial charge < -0.3 is 4.74 Å². The molecule has 0 N–H and O–H groups in total. The molecular formula is C13H16O2S. The molecule has 1 fully saturated rings. The lowest BCUT2D eigenvalue weighted by Crippen LogP contribution is -2.09. The molecule has 0 radical (unpaired) electrons. The fourth-order valence-corrected chi connectivity index (χ4v) is 3.01. The molecule has 1 heterocycles. The molecule has 86 valence electrons. The Morgan fingerprint density at radius 3 is 2.62 bits per heavy atom. The van der Waals surface area contributed by atoms with Crippen LogP contribution in [0, 0.1) is 13.8 Å². The fourth-order valence-electron chi connectivity index (χ4n) is 1.77. The van der Waals surface area contributed by atoms with Crippen molar-refractivity contribution >= 4 is 17.7 Å². The minimum absolute atomic E-state index is 0.0305. The van der Waals surface area contributed by atoms with E-state index in [4.69, 9.17) is 4.74 Å². The largest absolute Gasteiger partial charge is 0.462 e. The zero-order chi connectivity index (χ0) is 11.7. The lowest BCUT2D eigenvalue weighted by molar-refractivity contribution is -0.140. The van der Waals surface area contributed by atoms with Crippen molar-refractivity contribution in [3.8, 4) is 0 Å². The Hall–Kier alpha value is -0.960. The van der Waals surface area contributed by atoms with E-state index in [1.165, 1.54) is 11.1 Å². The van der Waals surface area contributed by atoms with Crippen molar-refractivity contribution in [3.63, 3.8) is 0 Å². The van der Waals surface area contributed by atoms with Crippen LogP contribution in [0.4, 0.5) is 0 Å². The number of carbonyl (C=O) groups excluding carboxylic acids is 1. The number of aryl methyl sites for hydroxylation is 2. The average molecular weight is 236 g/mol. The highest BCUT2D eigenvalue weighted by Crippen LogP contribution is 2.32. The van der Waals surface area contributed by atoms with Crippen LogP contribution >= 0.6 is 11.8 Å². The minimum atomic E-state index is -0.0734. The quantitative estimate of drug-likeness (QED) is 0.738. The van der Waals surface area contributed by atoms with E-state index < -0.39 is 0 Å². The predicted octanol–water partition coefficient (Wildman–Crippen LogP) is 3.10. The molecule has 1 aliphatic heterocycles. The van der Waals surface area contributed by atoms with Crippen molar-refractivity contribution in [2.75, 3.05) is 0 Å². The van der Waals surface area contributed by atoms with Crippen LogP contribution in [0.5, 0.6) is 0 Å². The molecule has 2 nitrogen and oxygen atoms in total. The van der Waals surface area contributed by atoms with Gasteiger partial charge in [-0.05, 0) is 44.0 Å². The molecule has 16 heavy (non-hydrogen) atoms. The third kappa shape index (κ3) is 2.40. The van der Waals surface area contributed by atoms with E-state index in [1.54, 1.807) is 11.8 Å². The van der Waals surface area contributed by atoms with Crippen LogP contribution in [0.25, 0.3) is 0 Å². The van der Waals surface area contributed by atoms with Gasteiger partial charge >= 0.3 is 5.97 Å². The third-order valence-electron chi connectivity index (χ3n) is 2.88. The van der Waals surface area contributed by atoms with Gasteiger partial charge in [0.2, 0.25) is 0 Å². The first-order valence-corrected chi connectivity index (χ1v) is 6.38. The van der Waals surface area contributed by atoms with Gasteiger partial charge in [0.1, 0.15) is 11.4 Å². The Kier molecular flexibility index (Phi) is 3.24. The van der Waals surface area contributed by atoms with Gasteiger partial charge in [0.15, 0.2) is 0 Å². The Balaban J connectivity index is 2.09. The van der Waals surface area contributed by atoms with E-state index in [0.29, 0.717) is 0 Å². The summed E-state index contributed by atoms with van der Waals surface area (Å²) < 4.78 is 5.14. The van der Waals surface area contributed by atoms with Crippen LogP contribution in [0.1, 0.15) is 24.5 Å². The Bertz CT molecular complexity index is 414. The van der Waals surface area contributed by atoms with Crippen LogP contribution in [0.3, 0.4) is 0 Å². The number of cyclic esters (lactones) is 1. The molecule has 0 aliphatic carbocycles. The Morgan fingerprint density at radius 1 is 1.31 bits per heavy atom. The van der Waals surface area contributed by atoms with Crippen LogP contribution in [0.2, 0.25) is 0 Å². The highest BCUT2D eigenvalue weighted by Gasteiger charge is 2.32. The normalized spacial score (nSPS) is 24.6. The van der Waals surface area contributed by atoms with Crippen molar-refractivity contribution in [3.05, 3.63) is 29.3 Å². The van der Waals surface area contributed by atoms with Crippen molar-refractivity contribution < 1.29 is 9.53 Å². The highest BCUT2D eigenvalue weighted by molar-refractivity contribution is 8.00. The molecule has 3 heteroatoms. The van der Waals surface area contributed by atoms with E-state index >= 15 is 0 Å². The molecule has 0 bridgehead atoms. The minimum Gasteiger partial charge on any atom is -0.462 e. The van der Waals surface area contributed by atoms with E-state index in [-0.39, 0.29) is 17.3 Å². The topological polar surface area (TPSA) is 26.3 Å². The third-order valence-corrected chi connectivity index (χ3v) is 4.08. The SMILES string of the molecule is Cc1ccc(S[C@H]2C[C@H](C)OC2=O)cc1C. The molecular weight excluding hydrogens is 220 g/mol. The Labute approximate surface area is 100 Å². The second-order valence-electron chi connectivity index (χ2n) is 4.34. The van der Waals surface area contributed by atoms with Crippen molar-refractivity contribution in [1.82, 2.24) is 0 Å². The lowest BCUT2D eigenvalue weighted by Gasteiger charge is -2.07. The first kappa shape index (κ1) is 11.5. The Morgan fingerprint density at radius 2 is 2.06 bits per heavy atom. The van der Waals surface area contributed by atoms with Gasteiger partial charge in [-0.1, -0.05) is 6.07 Å². The number of hydrogen-bond donors (Lipinski definition) is 0. The van der Waals surface area contributed by atoms with E-state index in [1.807, 2.05) is 6.92 Å². The first-order valence-electron chi connectivity index (χ1n) is 5.50. The van der Waals surface area contributed by atoms with E-state index in [9.17, 15) is 4.79 Å². The summed E-state index contributed by atoms with van der Waals surface area (Å²) in [6.07, 6.45) is 0.882. The molecule has 0 aromatic heterocycles. The highest BCUT2D eigenvalue weighted by atomic mass is 32.2. The summed E-state index contributed by atoms with van der Waals surface area (Å²) in [6.45, 7) is 6.13. The number of rotatable bonds is 2. The lowest BCUT2D eigenvalue weighted by atomic mass is 10.1. The van der Waals surface area contributed by atoms with Gasteiger partial charge in [0, 0.05) is 11.3 Å². The van der Waals surface area contributed by atoms with Crippen LogP contribution < -0.4 is 0 Å². The molecule has 0 saturated carbocycles. The van der Waals surface area contributed by atoms with Gasteiger partial charge in [0.05, 0.1) is 0 Å². The molecule has 0 amide bonds. The smallest absolute Gasteiger partial charge is 0.319 e. The predicted molar refractivity (Wildman–Crippen MR) is 65.7 cm³/mol. The molecule has 2 atom stereocenters. The molecule has 1 aromatic rings. The second kappa shape index (κ2) is 4.50. The van der Waals surface area contributed by atoms with Crippen LogP contribution in [0.15, 0.2) is 23.1 Å². The van der Waals surface area contributed by atoms with Crippen LogP contribution in [-0.2, 0) is 9.53 Å². The first-order chi connectivity index (χ1) is 7.56. The average Bonchev–Trinajstić information content (AvgIpc) is 2.51. The summed E-state index contributed by atoms with van der Waals surface area (Å²) in [5.74, 6) is -0.0734. The summed E-state index contributed by atoms with van der Waals surface area (Å²) >= 11 is 1.61. The maximum absolute atomic E-state index is 11.5. The molecule has 1 aromatic carbocycles. The maximum atomic E-state index is 11.5. The number of carbonyl (C=O) groups is 1. The van der Waals surface area contributed by atoms with Gasteiger partial charge in [-0.25, -0.2) is 0 Å². The number of benzene rings is 1. The molecule has 2 rings (SSSR count). The number of thioether (sulfide) groups is 1. The second-order valence-corrected chi connectivity index (χ2v) is 5.61. The van der Waals surface area contributed by atoms with Gasteiger partial charge in [-0.3, -0.25) is 4.79 Å². The molecule has 0 spiro atoms. The summed E-state index contributed by atoms with van der Waals surface area (Å²) in [5.41, 5.74) is 2.55. The van der Waals surface area contributed by atoms with Gasteiger partial charge in [-0.2, -0.15) is 0 Å².